The van der Waals surface area contributed by atoms with Crippen molar-refractivity contribution < 1.29 is 0 Å². The SMILES string of the molecule is Nc1cc(-c2cccnc2)cnc1Cl. The first kappa shape index (κ1) is 8.97. The van der Waals surface area contributed by atoms with Crippen LogP contribution in [0.2, 0.25) is 5.15 Å². The Morgan fingerprint density at radius 2 is 2.07 bits per heavy atom. The molecule has 0 fully saturated rings. The highest BCUT2D eigenvalue weighted by Crippen LogP contribution is 2.23. The first-order valence-electron chi connectivity index (χ1n) is 4.09. The van der Waals surface area contributed by atoms with E-state index in [1.54, 1.807) is 24.7 Å². The van der Waals surface area contributed by atoms with Crippen molar-refractivity contribution in [2.24, 2.45) is 0 Å². The van der Waals surface area contributed by atoms with E-state index in [4.69, 9.17) is 17.3 Å². The van der Waals surface area contributed by atoms with E-state index >= 15 is 0 Å². The minimum atomic E-state index is 0.331. The summed E-state index contributed by atoms with van der Waals surface area (Å²) in [5.41, 5.74) is 8.01. The summed E-state index contributed by atoms with van der Waals surface area (Å²) >= 11 is 5.72. The van der Waals surface area contributed by atoms with Gasteiger partial charge in [0.05, 0.1) is 5.69 Å². The lowest BCUT2D eigenvalue weighted by Gasteiger charge is -2.02. The zero-order chi connectivity index (χ0) is 9.97. The van der Waals surface area contributed by atoms with Gasteiger partial charge in [-0.05, 0) is 12.1 Å². The third-order valence-electron chi connectivity index (χ3n) is 1.86. The molecule has 2 N–H and O–H groups in total. The average molecular weight is 206 g/mol. The van der Waals surface area contributed by atoms with Crippen LogP contribution in [0.5, 0.6) is 0 Å². The Hall–Kier alpha value is -1.61. The van der Waals surface area contributed by atoms with Crippen LogP contribution in [0, 0.1) is 0 Å². The number of hydrogen-bond acceptors (Lipinski definition) is 3. The summed E-state index contributed by atoms with van der Waals surface area (Å²) in [5, 5.41) is 0.331. The summed E-state index contributed by atoms with van der Waals surface area (Å²) in [4.78, 5) is 7.98. The van der Waals surface area contributed by atoms with E-state index in [0.29, 0.717) is 10.8 Å². The molecular formula is C10H8ClN3. The number of hydrogen-bond donors (Lipinski definition) is 1. The molecule has 0 saturated heterocycles. The van der Waals surface area contributed by atoms with Crippen molar-refractivity contribution >= 4 is 17.3 Å². The third-order valence-corrected chi connectivity index (χ3v) is 2.18. The highest BCUT2D eigenvalue weighted by Gasteiger charge is 2.01. The lowest BCUT2D eigenvalue weighted by molar-refractivity contribution is 1.30. The molecule has 0 aliphatic heterocycles. The van der Waals surface area contributed by atoms with Gasteiger partial charge in [-0.2, -0.15) is 0 Å². The van der Waals surface area contributed by atoms with Crippen LogP contribution in [-0.2, 0) is 0 Å². The van der Waals surface area contributed by atoms with Gasteiger partial charge in [0.2, 0.25) is 0 Å². The van der Waals surface area contributed by atoms with E-state index in [1.165, 1.54) is 0 Å². The van der Waals surface area contributed by atoms with Crippen molar-refractivity contribution in [3.63, 3.8) is 0 Å². The molecule has 0 bridgehead atoms. The fraction of sp³-hybridized carbons (Fsp3) is 0. The Labute approximate surface area is 86.6 Å². The minimum absolute atomic E-state index is 0.331. The van der Waals surface area contributed by atoms with Gasteiger partial charge < -0.3 is 5.73 Å². The Morgan fingerprint density at radius 3 is 2.71 bits per heavy atom. The fourth-order valence-corrected chi connectivity index (χ4v) is 1.26. The van der Waals surface area contributed by atoms with Crippen molar-refractivity contribution in [2.45, 2.75) is 0 Å². The van der Waals surface area contributed by atoms with Crippen LogP contribution in [0.15, 0.2) is 36.8 Å². The lowest BCUT2D eigenvalue weighted by Crippen LogP contribution is -1.90. The number of pyridine rings is 2. The van der Waals surface area contributed by atoms with Crippen LogP contribution >= 0.6 is 11.6 Å². The summed E-state index contributed by atoms with van der Waals surface area (Å²) in [6.45, 7) is 0. The van der Waals surface area contributed by atoms with Crippen molar-refractivity contribution in [3.8, 4) is 11.1 Å². The molecule has 0 aliphatic carbocycles. The summed E-state index contributed by atoms with van der Waals surface area (Å²) in [5.74, 6) is 0. The Bertz CT molecular complexity index is 442. The van der Waals surface area contributed by atoms with Gasteiger partial charge in [0.1, 0.15) is 0 Å². The largest absolute Gasteiger partial charge is 0.396 e. The number of anilines is 1. The lowest BCUT2D eigenvalue weighted by atomic mass is 10.1. The van der Waals surface area contributed by atoms with Crippen LogP contribution in [0.25, 0.3) is 11.1 Å². The second-order valence-electron chi connectivity index (χ2n) is 2.85. The van der Waals surface area contributed by atoms with Crippen LogP contribution in [0.3, 0.4) is 0 Å². The maximum absolute atomic E-state index is 5.72. The molecule has 0 aromatic carbocycles. The second kappa shape index (κ2) is 3.64. The molecule has 0 radical (unpaired) electrons. The molecule has 14 heavy (non-hydrogen) atoms. The maximum atomic E-state index is 5.72. The maximum Gasteiger partial charge on any atom is 0.151 e. The van der Waals surface area contributed by atoms with E-state index < -0.39 is 0 Å². The molecule has 0 amide bonds. The quantitative estimate of drug-likeness (QED) is 0.728. The van der Waals surface area contributed by atoms with Crippen LogP contribution in [0.1, 0.15) is 0 Å². The summed E-state index contributed by atoms with van der Waals surface area (Å²) in [6, 6.07) is 5.59. The summed E-state index contributed by atoms with van der Waals surface area (Å²) in [6.07, 6.45) is 5.15. The van der Waals surface area contributed by atoms with Gasteiger partial charge in [-0.25, -0.2) is 4.98 Å². The van der Waals surface area contributed by atoms with Gasteiger partial charge in [0.25, 0.3) is 0 Å². The van der Waals surface area contributed by atoms with E-state index in [-0.39, 0.29) is 0 Å². The summed E-state index contributed by atoms with van der Waals surface area (Å²) in [7, 11) is 0. The first-order chi connectivity index (χ1) is 6.77. The second-order valence-corrected chi connectivity index (χ2v) is 3.20. The van der Waals surface area contributed by atoms with E-state index in [2.05, 4.69) is 9.97 Å². The third kappa shape index (κ3) is 1.67. The highest BCUT2D eigenvalue weighted by molar-refractivity contribution is 6.31. The first-order valence-corrected chi connectivity index (χ1v) is 4.46. The average Bonchev–Trinajstić information content (AvgIpc) is 2.23. The molecule has 4 heteroatoms. The summed E-state index contributed by atoms with van der Waals surface area (Å²) < 4.78 is 0. The molecule has 2 rings (SSSR count). The van der Waals surface area contributed by atoms with Crippen molar-refractivity contribution in [1.82, 2.24) is 9.97 Å². The molecular weight excluding hydrogens is 198 g/mol. The molecule has 0 atom stereocenters. The topological polar surface area (TPSA) is 51.8 Å². The number of nitrogen functional groups attached to an aromatic ring is 1. The number of nitrogens with two attached hydrogens (primary N) is 1. The van der Waals surface area contributed by atoms with Crippen LogP contribution in [-0.4, -0.2) is 9.97 Å². The van der Waals surface area contributed by atoms with E-state index in [1.807, 2.05) is 12.1 Å². The number of nitrogens with zero attached hydrogens (tertiary/aromatic N) is 2. The number of halogens is 1. The van der Waals surface area contributed by atoms with Gasteiger partial charge in [0.15, 0.2) is 5.15 Å². The van der Waals surface area contributed by atoms with Gasteiger partial charge >= 0.3 is 0 Å². The molecule has 2 heterocycles. The van der Waals surface area contributed by atoms with Crippen molar-refractivity contribution in [1.29, 1.82) is 0 Å². The van der Waals surface area contributed by atoms with Gasteiger partial charge in [-0.3, -0.25) is 4.98 Å². The van der Waals surface area contributed by atoms with E-state index in [0.717, 1.165) is 11.1 Å². The van der Waals surface area contributed by atoms with Gasteiger partial charge in [0, 0.05) is 29.7 Å². The fourth-order valence-electron chi connectivity index (χ4n) is 1.16. The number of aromatic nitrogens is 2. The Kier molecular flexibility index (Phi) is 2.33. The normalized spacial score (nSPS) is 10.1. The molecule has 3 nitrogen and oxygen atoms in total. The van der Waals surface area contributed by atoms with Gasteiger partial charge in [-0.1, -0.05) is 17.7 Å². The van der Waals surface area contributed by atoms with E-state index in [9.17, 15) is 0 Å². The molecule has 0 aliphatic rings. The Balaban J connectivity index is 2.48. The molecule has 70 valence electrons. The van der Waals surface area contributed by atoms with Gasteiger partial charge in [-0.15, -0.1) is 0 Å². The van der Waals surface area contributed by atoms with Crippen LogP contribution in [0.4, 0.5) is 5.69 Å². The predicted molar refractivity (Wildman–Crippen MR) is 56.9 cm³/mol. The molecule has 0 spiro atoms. The van der Waals surface area contributed by atoms with Crippen LogP contribution < -0.4 is 5.73 Å². The number of rotatable bonds is 1. The van der Waals surface area contributed by atoms with Crippen molar-refractivity contribution in [3.05, 3.63) is 41.9 Å². The molecule has 2 aromatic rings. The smallest absolute Gasteiger partial charge is 0.151 e. The molecule has 0 saturated carbocycles. The highest BCUT2D eigenvalue weighted by atomic mass is 35.5. The zero-order valence-corrected chi connectivity index (χ0v) is 8.07. The molecule has 2 aromatic heterocycles. The van der Waals surface area contributed by atoms with Crippen molar-refractivity contribution in [2.75, 3.05) is 5.73 Å². The monoisotopic (exact) mass is 205 g/mol. The standard InChI is InChI=1S/C10H8ClN3/c11-10-9(12)4-8(6-14-10)7-2-1-3-13-5-7/h1-6H,12H2. The zero-order valence-electron chi connectivity index (χ0n) is 7.31. The minimum Gasteiger partial charge on any atom is -0.396 e. The molecule has 0 unspecified atom stereocenters. The Morgan fingerprint density at radius 1 is 1.21 bits per heavy atom. The predicted octanol–water partition coefficient (Wildman–Crippen LogP) is 2.38.